The standard InChI is InChI=1S/C13H29N3O/c1-11(2)9-16(12(3)4)10-13(17)15(5)8-6-7-14/h11-12H,6-10,14H2,1-5H3. The highest BCUT2D eigenvalue weighted by atomic mass is 16.2. The van der Waals surface area contributed by atoms with Gasteiger partial charge >= 0.3 is 0 Å². The first-order valence-electron chi connectivity index (χ1n) is 6.56. The van der Waals surface area contributed by atoms with E-state index >= 15 is 0 Å². The summed E-state index contributed by atoms with van der Waals surface area (Å²) in [6, 6.07) is 0.407. The van der Waals surface area contributed by atoms with Crippen molar-refractivity contribution < 1.29 is 4.79 Å². The van der Waals surface area contributed by atoms with Gasteiger partial charge in [0.15, 0.2) is 0 Å². The third-order valence-electron chi connectivity index (χ3n) is 2.79. The van der Waals surface area contributed by atoms with Gasteiger partial charge in [0.25, 0.3) is 0 Å². The van der Waals surface area contributed by atoms with Crippen molar-refractivity contribution in [1.29, 1.82) is 0 Å². The summed E-state index contributed by atoms with van der Waals surface area (Å²) in [7, 11) is 1.85. The third kappa shape index (κ3) is 7.34. The number of hydrogen-bond donors (Lipinski definition) is 1. The molecule has 102 valence electrons. The van der Waals surface area contributed by atoms with E-state index < -0.39 is 0 Å². The van der Waals surface area contributed by atoms with Gasteiger partial charge in [0.1, 0.15) is 0 Å². The number of nitrogens with zero attached hydrogens (tertiary/aromatic N) is 2. The number of nitrogens with two attached hydrogens (primary N) is 1. The van der Waals surface area contributed by atoms with Gasteiger partial charge in [-0.3, -0.25) is 9.69 Å². The molecule has 0 aromatic rings. The Bertz CT molecular complexity index is 217. The molecule has 0 aliphatic carbocycles. The van der Waals surface area contributed by atoms with Crippen molar-refractivity contribution >= 4 is 5.91 Å². The summed E-state index contributed by atoms with van der Waals surface area (Å²) < 4.78 is 0. The molecule has 0 aromatic carbocycles. The maximum Gasteiger partial charge on any atom is 0.236 e. The monoisotopic (exact) mass is 243 g/mol. The van der Waals surface area contributed by atoms with Gasteiger partial charge < -0.3 is 10.6 Å². The first-order valence-corrected chi connectivity index (χ1v) is 6.56. The summed E-state index contributed by atoms with van der Waals surface area (Å²) in [6.07, 6.45) is 0.869. The highest BCUT2D eigenvalue weighted by Crippen LogP contribution is 2.04. The van der Waals surface area contributed by atoms with Gasteiger partial charge in [-0.1, -0.05) is 13.8 Å². The van der Waals surface area contributed by atoms with Crippen molar-refractivity contribution in [3.8, 4) is 0 Å². The van der Waals surface area contributed by atoms with E-state index in [1.165, 1.54) is 0 Å². The molecular weight excluding hydrogens is 214 g/mol. The van der Waals surface area contributed by atoms with Crippen LogP contribution < -0.4 is 5.73 Å². The Balaban J connectivity index is 4.20. The van der Waals surface area contributed by atoms with E-state index in [1.54, 1.807) is 4.90 Å². The molecule has 0 spiro atoms. The minimum Gasteiger partial charge on any atom is -0.345 e. The van der Waals surface area contributed by atoms with Crippen LogP contribution in [0.25, 0.3) is 0 Å². The van der Waals surface area contributed by atoms with Crippen molar-refractivity contribution in [1.82, 2.24) is 9.80 Å². The van der Waals surface area contributed by atoms with Gasteiger partial charge in [-0.05, 0) is 32.7 Å². The van der Waals surface area contributed by atoms with Gasteiger partial charge in [-0.2, -0.15) is 0 Å². The second-order valence-electron chi connectivity index (χ2n) is 5.37. The minimum absolute atomic E-state index is 0.188. The molecule has 2 N–H and O–H groups in total. The molecule has 0 atom stereocenters. The normalized spacial score (nSPS) is 11.6. The zero-order chi connectivity index (χ0) is 13.4. The number of likely N-dealkylation sites (N-methyl/N-ethyl adjacent to an activating group) is 1. The van der Waals surface area contributed by atoms with Crippen molar-refractivity contribution in [3.05, 3.63) is 0 Å². The summed E-state index contributed by atoms with van der Waals surface area (Å²) in [4.78, 5) is 16.0. The SMILES string of the molecule is CC(C)CN(CC(=O)N(C)CCCN)C(C)C. The fourth-order valence-electron chi connectivity index (χ4n) is 1.67. The molecule has 0 unspecified atom stereocenters. The van der Waals surface area contributed by atoms with Gasteiger partial charge in [0.2, 0.25) is 5.91 Å². The van der Waals surface area contributed by atoms with Crippen LogP contribution in [-0.2, 0) is 4.79 Å². The molecule has 0 bridgehead atoms. The topological polar surface area (TPSA) is 49.6 Å². The molecule has 0 aromatic heterocycles. The number of carbonyl (C=O) groups is 1. The summed E-state index contributed by atoms with van der Waals surface area (Å²) in [6.45, 7) is 11.5. The average Bonchev–Trinajstić information content (AvgIpc) is 2.23. The van der Waals surface area contributed by atoms with Crippen molar-refractivity contribution in [3.63, 3.8) is 0 Å². The fourth-order valence-corrected chi connectivity index (χ4v) is 1.67. The van der Waals surface area contributed by atoms with Gasteiger partial charge in [0, 0.05) is 26.2 Å². The quantitative estimate of drug-likeness (QED) is 0.696. The molecule has 0 saturated carbocycles. The van der Waals surface area contributed by atoms with E-state index in [-0.39, 0.29) is 5.91 Å². The smallest absolute Gasteiger partial charge is 0.236 e. The summed E-state index contributed by atoms with van der Waals surface area (Å²) >= 11 is 0. The third-order valence-corrected chi connectivity index (χ3v) is 2.79. The fraction of sp³-hybridized carbons (Fsp3) is 0.923. The highest BCUT2D eigenvalue weighted by Gasteiger charge is 2.17. The Morgan fingerprint density at radius 2 is 1.82 bits per heavy atom. The predicted molar refractivity (Wildman–Crippen MR) is 72.9 cm³/mol. The Kier molecular flexibility index (Phi) is 8.17. The molecular formula is C13H29N3O. The van der Waals surface area contributed by atoms with Crippen molar-refractivity contribution in [2.24, 2.45) is 11.7 Å². The van der Waals surface area contributed by atoms with Crippen molar-refractivity contribution in [2.75, 3.05) is 33.2 Å². The molecule has 4 heteroatoms. The van der Waals surface area contributed by atoms with Crippen LogP contribution in [0, 0.1) is 5.92 Å². The molecule has 0 fully saturated rings. The zero-order valence-corrected chi connectivity index (χ0v) is 12.1. The molecule has 0 heterocycles. The average molecular weight is 243 g/mol. The van der Waals surface area contributed by atoms with Crippen LogP contribution in [0.3, 0.4) is 0 Å². The Morgan fingerprint density at radius 1 is 1.24 bits per heavy atom. The summed E-state index contributed by atoms with van der Waals surface area (Å²) in [5, 5.41) is 0. The first-order chi connectivity index (χ1) is 7.88. The van der Waals surface area contributed by atoms with E-state index in [4.69, 9.17) is 5.73 Å². The molecule has 0 saturated heterocycles. The Morgan fingerprint density at radius 3 is 2.24 bits per heavy atom. The molecule has 1 amide bonds. The maximum absolute atomic E-state index is 12.0. The molecule has 17 heavy (non-hydrogen) atoms. The van der Waals surface area contributed by atoms with Gasteiger partial charge in [-0.25, -0.2) is 0 Å². The van der Waals surface area contributed by atoms with E-state index in [0.29, 0.717) is 25.0 Å². The van der Waals surface area contributed by atoms with E-state index in [9.17, 15) is 4.79 Å². The van der Waals surface area contributed by atoms with Gasteiger partial charge in [-0.15, -0.1) is 0 Å². The lowest BCUT2D eigenvalue weighted by atomic mass is 10.2. The van der Waals surface area contributed by atoms with Crippen LogP contribution in [0.1, 0.15) is 34.1 Å². The van der Waals surface area contributed by atoms with Crippen LogP contribution in [0.2, 0.25) is 0 Å². The zero-order valence-electron chi connectivity index (χ0n) is 12.1. The number of hydrogen-bond acceptors (Lipinski definition) is 3. The Hall–Kier alpha value is -0.610. The van der Waals surface area contributed by atoms with Crippen LogP contribution in [0.5, 0.6) is 0 Å². The lowest BCUT2D eigenvalue weighted by molar-refractivity contribution is -0.131. The Labute approximate surface area is 106 Å². The number of rotatable bonds is 8. The lowest BCUT2D eigenvalue weighted by Gasteiger charge is -2.29. The van der Waals surface area contributed by atoms with E-state index in [1.807, 2.05) is 7.05 Å². The largest absolute Gasteiger partial charge is 0.345 e. The van der Waals surface area contributed by atoms with Crippen molar-refractivity contribution in [2.45, 2.75) is 40.2 Å². The van der Waals surface area contributed by atoms with Crippen LogP contribution in [0.15, 0.2) is 0 Å². The summed E-state index contributed by atoms with van der Waals surface area (Å²) in [5.74, 6) is 0.771. The summed E-state index contributed by atoms with van der Waals surface area (Å²) in [5.41, 5.74) is 5.44. The second-order valence-corrected chi connectivity index (χ2v) is 5.37. The van der Waals surface area contributed by atoms with E-state index in [2.05, 4.69) is 32.6 Å². The maximum atomic E-state index is 12.0. The molecule has 0 rings (SSSR count). The molecule has 0 aliphatic rings. The molecule has 4 nitrogen and oxygen atoms in total. The van der Waals surface area contributed by atoms with Gasteiger partial charge in [0.05, 0.1) is 6.54 Å². The second kappa shape index (κ2) is 8.48. The predicted octanol–water partition coefficient (Wildman–Crippen LogP) is 1.16. The number of amides is 1. The lowest BCUT2D eigenvalue weighted by Crippen LogP contribution is -2.43. The van der Waals surface area contributed by atoms with E-state index in [0.717, 1.165) is 19.5 Å². The van der Waals surface area contributed by atoms with Crippen LogP contribution in [-0.4, -0.2) is 55.0 Å². The number of carbonyl (C=O) groups excluding carboxylic acids is 1. The first kappa shape index (κ1) is 16.4. The highest BCUT2D eigenvalue weighted by molar-refractivity contribution is 5.78. The molecule has 0 aliphatic heterocycles. The minimum atomic E-state index is 0.188. The van der Waals surface area contributed by atoms with Crippen LogP contribution >= 0.6 is 0 Å². The van der Waals surface area contributed by atoms with Crippen LogP contribution in [0.4, 0.5) is 0 Å². The molecule has 0 radical (unpaired) electrons.